The van der Waals surface area contributed by atoms with Crippen molar-refractivity contribution >= 4 is 5.82 Å². The van der Waals surface area contributed by atoms with Gasteiger partial charge in [0.2, 0.25) is 5.88 Å². The van der Waals surface area contributed by atoms with Crippen molar-refractivity contribution in [3.8, 4) is 11.6 Å². The van der Waals surface area contributed by atoms with Gasteiger partial charge in [0.1, 0.15) is 11.9 Å². The second kappa shape index (κ2) is 6.42. The van der Waals surface area contributed by atoms with Crippen molar-refractivity contribution in [1.29, 1.82) is 0 Å². The Balaban J connectivity index is 1.53. The Labute approximate surface area is 135 Å². The van der Waals surface area contributed by atoms with Crippen molar-refractivity contribution in [3.05, 3.63) is 42.2 Å². The SMILES string of the molecule is c1ccc2c(c1)OCCC2Oc1cncc(N2CCNCC2)n1. The number of nitrogens with zero attached hydrogens (tertiary/aromatic N) is 3. The number of piperazine rings is 1. The van der Waals surface area contributed by atoms with Gasteiger partial charge in [-0.25, -0.2) is 0 Å². The molecule has 1 aromatic carbocycles. The van der Waals surface area contributed by atoms with Crippen LogP contribution >= 0.6 is 0 Å². The summed E-state index contributed by atoms with van der Waals surface area (Å²) < 4.78 is 11.8. The Kier molecular flexibility index (Phi) is 3.98. The molecule has 23 heavy (non-hydrogen) atoms. The molecule has 1 aromatic heterocycles. The number of hydrogen-bond donors (Lipinski definition) is 1. The molecular weight excluding hydrogens is 292 g/mol. The molecule has 0 aliphatic carbocycles. The number of rotatable bonds is 3. The summed E-state index contributed by atoms with van der Waals surface area (Å²) in [5.41, 5.74) is 1.08. The molecule has 0 saturated carbocycles. The lowest BCUT2D eigenvalue weighted by Gasteiger charge is -2.29. The molecular formula is C17H20N4O2. The molecule has 1 saturated heterocycles. The van der Waals surface area contributed by atoms with Crippen LogP contribution in [0.1, 0.15) is 18.1 Å². The van der Waals surface area contributed by atoms with Gasteiger partial charge < -0.3 is 19.7 Å². The molecule has 1 N–H and O–H groups in total. The minimum Gasteiger partial charge on any atom is -0.493 e. The topological polar surface area (TPSA) is 59.5 Å². The van der Waals surface area contributed by atoms with E-state index < -0.39 is 0 Å². The van der Waals surface area contributed by atoms with Gasteiger partial charge in [0.15, 0.2) is 5.82 Å². The summed E-state index contributed by atoms with van der Waals surface area (Å²) in [5.74, 6) is 2.35. The van der Waals surface area contributed by atoms with Crippen LogP contribution in [0.5, 0.6) is 11.6 Å². The summed E-state index contributed by atoms with van der Waals surface area (Å²) in [6, 6.07) is 8.01. The molecule has 3 heterocycles. The molecule has 2 aromatic rings. The Bertz CT molecular complexity index is 673. The first-order valence-electron chi connectivity index (χ1n) is 8.06. The molecule has 120 valence electrons. The van der Waals surface area contributed by atoms with E-state index in [-0.39, 0.29) is 6.10 Å². The normalized spacial score (nSPS) is 20.5. The summed E-state index contributed by atoms with van der Waals surface area (Å²) in [6.07, 6.45) is 4.27. The maximum Gasteiger partial charge on any atom is 0.234 e. The standard InChI is InChI=1S/C17H20N4O2/c1-2-4-14-13(3-1)15(5-10-22-14)23-17-12-19-11-16(20-17)21-8-6-18-7-9-21/h1-4,11-12,15,18H,5-10H2. The fraction of sp³-hybridized carbons (Fsp3) is 0.412. The maximum absolute atomic E-state index is 6.12. The first-order valence-corrected chi connectivity index (χ1v) is 8.06. The number of nitrogens with one attached hydrogen (secondary N) is 1. The van der Waals surface area contributed by atoms with Crippen LogP contribution in [0.2, 0.25) is 0 Å². The van der Waals surface area contributed by atoms with E-state index in [1.807, 2.05) is 24.3 Å². The van der Waals surface area contributed by atoms with Gasteiger partial charge in [-0.3, -0.25) is 4.98 Å². The minimum atomic E-state index is -0.0347. The van der Waals surface area contributed by atoms with Crippen molar-refractivity contribution in [1.82, 2.24) is 15.3 Å². The van der Waals surface area contributed by atoms with Crippen LogP contribution < -0.4 is 19.7 Å². The van der Waals surface area contributed by atoms with Gasteiger partial charge in [0.25, 0.3) is 0 Å². The monoisotopic (exact) mass is 312 g/mol. The molecule has 6 heteroatoms. The zero-order valence-electron chi connectivity index (χ0n) is 12.9. The predicted octanol–water partition coefficient (Wildman–Crippen LogP) is 1.79. The van der Waals surface area contributed by atoms with Crippen LogP contribution in [-0.4, -0.2) is 42.8 Å². The zero-order chi connectivity index (χ0) is 15.5. The third-order valence-corrected chi connectivity index (χ3v) is 4.21. The minimum absolute atomic E-state index is 0.0347. The van der Waals surface area contributed by atoms with Gasteiger partial charge >= 0.3 is 0 Å². The first-order chi connectivity index (χ1) is 11.4. The van der Waals surface area contributed by atoms with Gasteiger partial charge in [-0.15, -0.1) is 0 Å². The van der Waals surface area contributed by atoms with Crippen molar-refractivity contribution in [2.24, 2.45) is 0 Å². The van der Waals surface area contributed by atoms with Crippen LogP contribution in [0.15, 0.2) is 36.7 Å². The fourth-order valence-electron chi connectivity index (χ4n) is 3.02. The van der Waals surface area contributed by atoms with Gasteiger partial charge in [0.05, 0.1) is 19.0 Å². The molecule has 1 fully saturated rings. The first kappa shape index (κ1) is 14.3. The van der Waals surface area contributed by atoms with Gasteiger partial charge in [0, 0.05) is 38.2 Å². The molecule has 0 bridgehead atoms. The third kappa shape index (κ3) is 3.07. The zero-order valence-corrected chi connectivity index (χ0v) is 12.9. The Morgan fingerprint density at radius 3 is 2.96 bits per heavy atom. The quantitative estimate of drug-likeness (QED) is 0.932. The lowest BCUT2D eigenvalue weighted by Crippen LogP contribution is -2.43. The summed E-state index contributed by atoms with van der Waals surface area (Å²) in [7, 11) is 0. The van der Waals surface area contributed by atoms with Crippen LogP contribution in [0.25, 0.3) is 0 Å². The lowest BCUT2D eigenvalue weighted by atomic mass is 10.0. The highest BCUT2D eigenvalue weighted by Gasteiger charge is 2.23. The van der Waals surface area contributed by atoms with Crippen molar-refractivity contribution < 1.29 is 9.47 Å². The molecule has 0 radical (unpaired) electrons. The van der Waals surface area contributed by atoms with E-state index in [1.165, 1.54) is 0 Å². The molecule has 1 atom stereocenters. The van der Waals surface area contributed by atoms with Crippen LogP contribution in [0.3, 0.4) is 0 Å². The highest BCUT2D eigenvalue weighted by atomic mass is 16.5. The van der Waals surface area contributed by atoms with E-state index >= 15 is 0 Å². The maximum atomic E-state index is 6.12. The fourth-order valence-corrected chi connectivity index (χ4v) is 3.02. The van der Waals surface area contributed by atoms with E-state index in [0.29, 0.717) is 12.5 Å². The number of benzene rings is 1. The summed E-state index contributed by atoms with van der Waals surface area (Å²) in [6.45, 7) is 4.49. The van der Waals surface area contributed by atoms with Crippen molar-refractivity contribution in [2.45, 2.75) is 12.5 Å². The summed E-state index contributed by atoms with van der Waals surface area (Å²) >= 11 is 0. The van der Waals surface area contributed by atoms with Crippen LogP contribution in [0.4, 0.5) is 5.82 Å². The van der Waals surface area contributed by atoms with Crippen molar-refractivity contribution in [2.75, 3.05) is 37.7 Å². The lowest BCUT2D eigenvalue weighted by molar-refractivity contribution is 0.131. The molecule has 2 aliphatic heterocycles. The highest BCUT2D eigenvalue weighted by molar-refractivity contribution is 5.39. The molecule has 0 spiro atoms. The number of hydrogen-bond acceptors (Lipinski definition) is 6. The van der Waals surface area contributed by atoms with Crippen molar-refractivity contribution in [3.63, 3.8) is 0 Å². The number of aromatic nitrogens is 2. The number of ether oxygens (including phenoxy) is 2. The van der Waals surface area contributed by atoms with Gasteiger partial charge in [-0.2, -0.15) is 4.98 Å². The molecule has 1 unspecified atom stereocenters. The Morgan fingerprint density at radius 1 is 1.17 bits per heavy atom. The molecule has 6 nitrogen and oxygen atoms in total. The van der Waals surface area contributed by atoms with Crippen LogP contribution in [-0.2, 0) is 0 Å². The second-order valence-corrected chi connectivity index (χ2v) is 5.73. The predicted molar refractivity (Wildman–Crippen MR) is 87.0 cm³/mol. The van der Waals surface area contributed by atoms with E-state index in [0.717, 1.165) is 49.7 Å². The summed E-state index contributed by atoms with van der Waals surface area (Å²) in [5, 5.41) is 3.34. The Hall–Kier alpha value is -2.34. The van der Waals surface area contributed by atoms with E-state index in [4.69, 9.17) is 9.47 Å². The average Bonchev–Trinajstić information content (AvgIpc) is 2.63. The largest absolute Gasteiger partial charge is 0.493 e. The van der Waals surface area contributed by atoms with Crippen LogP contribution in [0, 0.1) is 0 Å². The second-order valence-electron chi connectivity index (χ2n) is 5.73. The van der Waals surface area contributed by atoms with E-state index in [1.54, 1.807) is 12.4 Å². The Morgan fingerprint density at radius 2 is 2.04 bits per heavy atom. The smallest absolute Gasteiger partial charge is 0.234 e. The molecule has 0 amide bonds. The molecule has 4 rings (SSSR count). The van der Waals surface area contributed by atoms with Gasteiger partial charge in [-0.1, -0.05) is 18.2 Å². The third-order valence-electron chi connectivity index (χ3n) is 4.21. The highest BCUT2D eigenvalue weighted by Crippen LogP contribution is 2.34. The number of para-hydroxylation sites is 1. The number of fused-ring (bicyclic) bond motifs is 1. The number of anilines is 1. The van der Waals surface area contributed by atoms with Gasteiger partial charge in [-0.05, 0) is 6.07 Å². The van der Waals surface area contributed by atoms with E-state index in [9.17, 15) is 0 Å². The molecule has 2 aliphatic rings. The van der Waals surface area contributed by atoms with E-state index in [2.05, 4.69) is 20.2 Å². The average molecular weight is 312 g/mol. The summed E-state index contributed by atoms with van der Waals surface area (Å²) in [4.78, 5) is 11.2.